The zero-order valence-electron chi connectivity index (χ0n) is 21.0. The van der Waals surface area contributed by atoms with Gasteiger partial charge in [-0.2, -0.15) is 0 Å². The summed E-state index contributed by atoms with van der Waals surface area (Å²) in [4.78, 5) is 52.5. The predicted octanol–water partition coefficient (Wildman–Crippen LogP) is 3.16. The van der Waals surface area contributed by atoms with Crippen LogP contribution in [0.4, 0.5) is 35.8 Å². The third kappa shape index (κ3) is 5.93. The molecule has 3 aliphatic heterocycles. The molecule has 0 aromatic heterocycles. The van der Waals surface area contributed by atoms with Crippen LogP contribution in [0.25, 0.3) is 6.08 Å². The second kappa shape index (κ2) is 11.2. The first-order valence-corrected chi connectivity index (χ1v) is 13.1. The van der Waals surface area contributed by atoms with Gasteiger partial charge in [0.15, 0.2) is 0 Å². The van der Waals surface area contributed by atoms with E-state index in [1.807, 2.05) is 29.2 Å². The van der Waals surface area contributed by atoms with Gasteiger partial charge in [-0.1, -0.05) is 12.1 Å². The maximum atomic E-state index is 15.1. The number of hydrogen-bond donors (Lipinski definition) is 2. The molecular weight excluding hydrogens is 529 g/mol. The number of carbonyl (C=O) groups is 4. The summed E-state index contributed by atoms with van der Waals surface area (Å²) < 4.78 is 24.9. The van der Waals surface area contributed by atoms with Crippen LogP contribution in [0.5, 0.6) is 0 Å². The van der Waals surface area contributed by atoms with Gasteiger partial charge in [0.25, 0.3) is 11.1 Å². The van der Waals surface area contributed by atoms with Gasteiger partial charge in [-0.15, -0.1) is 0 Å². The zero-order chi connectivity index (χ0) is 27.5. The minimum absolute atomic E-state index is 0.0947. The number of alkyl carbamates (subject to hydrolysis) is 1. The molecule has 2 aromatic carbocycles. The van der Waals surface area contributed by atoms with Crippen molar-refractivity contribution in [1.82, 2.24) is 10.6 Å². The largest absolute Gasteiger partial charge is 0.453 e. The number of cyclic esters (lactones) is 1. The molecule has 4 amide bonds. The van der Waals surface area contributed by atoms with Crippen molar-refractivity contribution in [2.75, 3.05) is 61.1 Å². The van der Waals surface area contributed by atoms with E-state index in [2.05, 4.69) is 20.3 Å². The highest BCUT2D eigenvalue weighted by molar-refractivity contribution is 8.18. The number of benzene rings is 2. The van der Waals surface area contributed by atoms with Gasteiger partial charge in [0.2, 0.25) is 0 Å². The highest BCUT2D eigenvalue weighted by Crippen LogP contribution is 2.30. The maximum Gasteiger partial charge on any atom is 0.414 e. The number of anilines is 3. The van der Waals surface area contributed by atoms with E-state index < -0.39 is 24.1 Å². The molecule has 0 unspecified atom stereocenters. The molecule has 3 aliphatic rings. The predicted molar refractivity (Wildman–Crippen MR) is 144 cm³/mol. The Hall–Kier alpha value is -4.26. The Balaban J connectivity index is 1.17. The lowest BCUT2D eigenvalue weighted by Gasteiger charge is -2.37. The summed E-state index contributed by atoms with van der Waals surface area (Å²) in [5, 5.41) is 4.36. The summed E-state index contributed by atoms with van der Waals surface area (Å²) in [6.45, 7) is 2.85. The maximum absolute atomic E-state index is 15.1. The van der Waals surface area contributed by atoms with Crippen LogP contribution in [0.3, 0.4) is 0 Å². The number of piperazine rings is 1. The van der Waals surface area contributed by atoms with Gasteiger partial charge in [0, 0.05) is 31.9 Å². The van der Waals surface area contributed by atoms with Crippen LogP contribution in [-0.2, 0) is 14.3 Å². The van der Waals surface area contributed by atoms with Gasteiger partial charge in [0.05, 0.1) is 36.5 Å². The SMILES string of the molecule is COC(=O)NC[C@H]1CN(c2ccc(N3CCN(c4ccc(C=C5SC(=O)NC5=O)cc4)CC3)c(F)c2)C(=O)O1. The third-order valence-electron chi connectivity index (χ3n) is 6.59. The first-order chi connectivity index (χ1) is 18.8. The number of nitrogens with one attached hydrogen (secondary N) is 2. The van der Waals surface area contributed by atoms with Crippen molar-refractivity contribution in [2.24, 2.45) is 0 Å². The van der Waals surface area contributed by atoms with Crippen LogP contribution in [0.15, 0.2) is 47.4 Å². The highest BCUT2D eigenvalue weighted by Gasteiger charge is 2.33. The van der Waals surface area contributed by atoms with Crippen LogP contribution >= 0.6 is 11.8 Å². The quantitative estimate of drug-likeness (QED) is 0.518. The van der Waals surface area contributed by atoms with Crippen LogP contribution in [0, 0.1) is 5.82 Å². The highest BCUT2D eigenvalue weighted by atomic mass is 32.2. The zero-order valence-corrected chi connectivity index (χ0v) is 21.8. The number of carbonyl (C=O) groups excluding carboxylic acids is 4. The number of methoxy groups -OCH3 is 1. The molecule has 0 radical (unpaired) electrons. The summed E-state index contributed by atoms with van der Waals surface area (Å²) in [6.07, 6.45) is -0.112. The molecule has 0 saturated carbocycles. The molecule has 3 saturated heterocycles. The number of nitrogens with zero attached hydrogens (tertiary/aromatic N) is 3. The Labute approximate surface area is 227 Å². The first-order valence-electron chi connectivity index (χ1n) is 12.2. The van der Waals surface area contributed by atoms with Gasteiger partial charge in [0.1, 0.15) is 11.9 Å². The Morgan fingerprint density at radius 2 is 1.79 bits per heavy atom. The van der Waals surface area contributed by atoms with E-state index in [9.17, 15) is 19.2 Å². The van der Waals surface area contributed by atoms with Gasteiger partial charge < -0.3 is 24.6 Å². The van der Waals surface area contributed by atoms with Crippen LogP contribution < -0.4 is 25.3 Å². The molecule has 204 valence electrons. The van der Waals surface area contributed by atoms with Crippen molar-refractivity contribution < 1.29 is 33.0 Å². The van der Waals surface area contributed by atoms with E-state index in [0.717, 1.165) is 23.0 Å². The molecule has 1 atom stereocenters. The van der Waals surface area contributed by atoms with Gasteiger partial charge >= 0.3 is 12.2 Å². The lowest BCUT2D eigenvalue weighted by molar-refractivity contribution is -0.115. The summed E-state index contributed by atoms with van der Waals surface area (Å²) >= 11 is 0.883. The van der Waals surface area contributed by atoms with Gasteiger partial charge in [-0.25, -0.2) is 14.0 Å². The van der Waals surface area contributed by atoms with E-state index in [0.29, 0.717) is 42.5 Å². The number of halogens is 1. The molecule has 0 bridgehead atoms. The molecule has 11 nitrogen and oxygen atoms in total. The second-order valence-corrected chi connectivity index (χ2v) is 10.1. The summed E-state index contributed by atoms with van der Waals surface area (Å²) in [6, 6.07) is 12.4. The molecular formula is C26H26FN5O6S. The van der Waals surface area contributed by atoms with Crippen molar-refractivity contribution in [3.05, 3.63) is 58.8 Å². The second-order valence-electron chi connectivity index (χ2n) is 9.04. The van der Waals surface area contributed by atoms with Crippen molar-refractivity contribution in [2.45, 2.75) is 6.10 Å². The van der Waals surface area contributed by atoms with E-state index in [4.69, 9.17) is 4.74 Å². The standard InChI is InChI=1S/C26H26FN5O6S/c1-37-24(34)28-14-19-15-32(26(36)38-19)18-6-7-21(20(27)13-18)31-10-8-30(9-11-31)17-4-2-16(3-5-17)12-22-23(33)29-25(35)39-22/h2-7,12-13,19H,8-11,14-15H2,1H3,(H,28,34)(H,29,33,35)/t19-/m0/s1. The number of thioether (sulfide) groups is 1. The van der Waals surface area contributed by atoms with Gasteiger partial charge in [-0.3, -0.25) is 19.8 Å². The number of amides is 4. The van der Waals surface area contributed by atoms with Gasteiger partial charge in [-0.05, 0) is 53.7 Å². The van der Waals surface area contributed by atoms with E-state index in [1.165, 1.54) is 18.1 Å². The Kier molecular flexibility index (Phi) is 7.59. The van der Waals surface area contributed by atoms with Crippen molar-refractivity contribution in [3.63, 3.8) is 0 Å². The minimum Gasteiger partial charge on any atom is -0.453 e. The van der Waals surface area contributed by atoms with E-state index >= 15 is 4.39 Å². The van der Waals surface area contributed by atoms with Crippen LogP contribution in [0.1, 0.15) is 5.56 Å². The molecule has 39 heavy (non-hydrogen) atoms. The number of imide groups is 1. The van der Waals surface area contributed by atoms with Crippen molar-refractivity contribution >= 4 is 58.2 Å². The molecule has 0 spiro atoms. The summed E-state index contributed by atoms with van der Waals surface area (Å²) in [5.41, 5.74) is 2.67. The normalized spacial score (nSPS) is 20.4. The Bertz CT molecular complexity index is 1330. The molecule has 0 aliphatic carbocycles. The third-order valence-corrected chi connectivity index (χ3v) is 7.41. The fraction of sp³-hybridized carbons (Fsp3) is 0.308. The fourth-order valence-electron chi connectivity index (χ4n) is 4.59. The number of rotatable bonds is 6. The van der Waals surface area contributed by atoms with Crippen molar-refractivity contribution in [3.8, 4) is 0 Å². The topological polar surface area (TPSA) is 121 Å². The molecule has 3 heterocycles. The molecule has 2 aromatic rings. The smallest absolute Gasteiger partial charge is 0.414 e. The summed E-state index contributed by atoms with van der Waals surface area (Å²) in [5.74, 6) is -0.822. The van der Waals surface area contributed by atoms with Crippen molar-refractivity contribution in [1.29, 1.82) is 0 Å². The average molecular weight is 556 g/mol. The fourth-order valence-corrected chi connectivity index (χ4v) is 5.27. The number of ether oxygens (including phenoxy) is 2. The van der Waals surface area contributed by atoms with E-state index in [1.54, 1.807) is 18.2 Å². The van der Waals surface area contributed by atoms with Crippen LogP contribution in [-0.4, -0.2) is 75.8 Å². The number of hydrogen-bond acceptors (Lipinski definition) is 9. The Morgan fingerprint density at radius 1 is 1.10 bits per heavy atom. The molecule has 2 N–H and O–H groups in total. The Morgan fingerprint density at radius 3 is 2.44 bits per heavy atom. The summed E-state index contributed by atoms with van der Waals surface area (Å²) in [7, 11) is 1.24. The van der Waals surface area contributed by atoms with E-state index in [-0.39, 0.29) is 24.2 Å². The molecule has 3 fully saturated rings. The molecule has 5 rings (SSSR count). The monoisotopic (exact) mass is 555 g/mol. The first kappa shape index (κ1) is 26.4. The van der Waals surface area contributed by atoms with Crippen LogP contribution in [0.2, 0.25) is 0 Å². The minimum atomic E-state index is -0.623. The molecule has 13 heteroatoms. The lowest BCUT2D eigenvalue weighted by Crippen LogP contribution is -2.46. The lowest BCUT2D eigenvalue weighted by atomic mass is 10.1. The average Bonchev–Trinajstić information content (AvgIpc) is 3.47.